The number of nitrogens with zero attached hydrogens (tertiary/aromatic N) is 4. The summed E-state index contributed by atoms with van der Waals surface area (Å²) in [7, 11) is 0. The summed E-state index contributed by atoms with van der Waals surface area (Å²) in [6.07, 6.45) is 3.90. The number of hydrogen-bond acceptors (Lipinski definition) is 8. The smallest absolute Gasteiger partial charge is 0.320 e. The minimum absolute atomic E-state index is 0.0566. The van der Waals surface area contributed by atoms with Crippen molar-refractivity contribution in [3.05, 3.63) is 54.1 Å². The number of piperidine rings is 1. The largest absolute Gasteiger partial charge is 0.481 e. The molecule has 1 spiro atoms. The lowest BCUT2D eigenvalue weighted by Crippen LogP contribution is -2.36. The van der Waals surface area contributed by atoms with Crippen molar-refractivity contribution in [2.75, 3.05) is 28.6 Å². The monoisotopic (exact) mass is 470 g/mol. The standard InChI is InChI=1S/C22H20F2N6O4/c23-15-3-1-12(9-16(15)24)27-21-29-28-19(34-21)18(31)26-13-2-4-17(25-11-13)30-7-5-22(6-8-30)10-14(22)20(32)33/h1-4,9,11,14H,5-8,10H2,(H,26,31)(H,27,29)(H,32,33). The summed E-state index contributed by atoms with van der Waals surface area (Å²) >= 11 is 0. The SMILES string of the molecule is O=C(Nc1ccc(N2CCC3(CC2)CC3C(=O)O)nc1)c1nnc(Nc2ccc(F)c(F)c2)o1. The van der Waals surface area contributed by atoms with Crippen molar-refractivity contribution in [1.29, 1.82) is 0 Å². The van der Waals surface area contributed by atoms with Crippen molar-refractivity contribution in [3.8, 4) is 0 Å². The highest BCUT2D eigenvalue weighted by Gasteiger charge is 2.58. The number of aromatic nitrogens is 3. The summed E-state index contributed by atoms with van der Waals surface area (Å²) < 4.78 is 31.6. The molecule has 1 amide bonds. The van der Waals surface area contributed by atoms with Crippen molar-refractivity contribution in [2.24, 2.45) is 11.3 Å². The van der Waals surface area contributed by atoms with Gasteiger partial charge in [-0.05, 0) is 48.9 Å². The van der Waals surface area contributed by atoms with Crippen LogP contribution < -0.4 is 15.5 Å². The molecule has 1 saturated heterocycles. The number of amides is 1. The third kappa shape index (κ3) is 4.26. The number of carboxylic acid groups (broad SMARTS) is 1. The van der Waals surface area contributed by atoms with Crippen LogP contribution in [-0.2, 0) is 4.79 Å². The highest BCUT2D eigenvalue weighted by atomic mass is 19.2. The average Bonchev–Trinajstić information content (AvgIpc) is 3.32. The molecule has 1 saturated carbocycles. The highest BCUT2D eigenvalue weighted by molar-refractivity contribution is 6.00. The number of carbonyl (C=O) groups is 2. The lowest BCUT2D eigenvalue weighted by atomic mass is 9.91. The normalized spacial score (nSPS) is 18.5. The van der Waals surface area contributed by atoms with E-state index in [2.05, 4.69) is 30.7 Å². The molecule has 3 N–H and O–H groups in total. The first kappa shape index (κ1) is 21.7. The van der Waals surface area contributed by atoms with Crippen molar-refractivity contribution in [2.45, 2.75) is 19.3 Å². The van der Waals surface area contributed by atoms with Crippen LogP contribution >= 0.6 is 0 Å². The predicted octanol–water partition coefficient (Wildman–Crippen LogP) is 3.43. The van der Waals surface area contributed by atoms with E-state index in [-0.39, 0.29) is 28.9 Å². The van der Waals surface area contributed by atoms with Crippen LogP contribution in [0.2, 0.25) is 0 Å². The first-order valence-electron chi connectivity index (χ1n) is 10.6. The molecule has 34 heavy (non-hydrogen) atoms. The van der Waals surface area contributed by atoms with E-state index in [4.69, 9.17) is 4.42 Å². The summed E-state index contributed by atoms with van der Waals surface area (Å²) in [5.41, 5.74) is 0.542. The van der Waals surface area contributed by atoms with E-state index < -0.39 is 23.5 Å². The quantitative estimate of drug-likeness (QED) is 0.495. The van der Waals surface area contributed by atoms with Crippen LogP contribution in [0.15, 0.2) is 40.9 Å². The number of anilines is 4. The lowest BCUT2D eigenvalue weighted by molar-refractivity contribution is -0.139. The molecule has 1 aliphatic carbocycles. The Morgan fingerprint density at radius 1 is 1.09 bits per heavy atom. The Labute approximate surface area is 192 Å². The van der Waals surface area contributed by atoms with Crippen LogP contribution in [-0.4, -0.2) is 45.3 Å². The second-order valence-electron chi connectivity index (χ2n) is 8.47. The van der Waals surface area contributed by atoms with Crippen molar-refractivity contribution in [3.63, 3.8) is 0 Å². The summed E-state index contributed by atoms with van der Waals surface area (Å²) in [6, 6.07) is 6.46. The topological polar surface area (TPSA) is 133 Å². The molecule has 0 bridgehead atoms. The molecule has 2 fully saturated rings. The summed E-state index contributed by atoms with van der Waals surface area (Å²) in [6.45, 7) is 1.47. The van der Waals surface area contributed by atoms with Gasteiger partial charge in [0.05, 0.1) is 17.8 Å². The molecule has 1 aliphatic heterocycles. The number of benzene rings is 1. The molecule has 1 unspecified atom stereocenters. The number of aliphatic carboxylic acids is 1. The fourth-order valence-electron chi connectivity index (χ4n) is 4.33. The fraction of sp³-hybridized carbons (Fsp3) is 0.318. The molecule has 10 nitrogen and oxygen atoms in total. The zero-order chi connectivity index (χ0) is 23.9. The molecular weight excluding hydrogens is 450 g/mol. The Morgan fingerprint density at radius 3 is 2.50 bits per heavy atom. The van der Waals surface area contributed by atoms with Gasteiger partial charge in [0, 0.05) is 24.8 Å². The lowest BCUT2D eigenvalue weighted by Gasteiger charge is -2.33. The van der Waals surface area contributed by atoms with Gasteiger partial charge in [-0.15, -0.1) is 5.10 Å². The summed E-state index contributed by atoms with van der Waals surface area (Å²) in [5.74, 6) is -3.20. The number of pyridine rings is 1. The van der Waals surface area contributed by atoms with Crippen LogP contribution in [0.3, 0.4) is 0 Å². The number of halogens is 2. The minimum Gasteiger partial charge on any atom is -0.481 e. The van der Waals surface area contributed by atoms with E-state index in [9.17, 15) is 23.5 Å². The molecule has 3 heterocycles. The maximum absolute atomic E-state index is 13.3. The van der Waals surface area contributed by atoms with Gasteiger partial charge in [0.15, 0.2) is 11.6 Å². The van der Waals surface area contributed by atoms with Gasteiger partial charge < -0.3 is 25.1 Å². The number of rotatable bonds is 6. The zero-order valence-electron chi connectivity index (χ0n) is 17.8. The van der Waals surface area contributed by atoms with Crippen LogP contribution in [0, 0.1) is 23.0 Å². The third-order valence-corrected chi connectivity index (χ3v) is 6.37. The van der Waals surface area contributed by atoms with Gasteiger partial charge in [0.25, 0.3) is 0 Å². The Hall–Kier alpha value is -4.09. The van der Waals surface area contributed by atoms with Gasteiger partial charge in [-0.2, -0.15) is 0 Å². The van der Waals surface area contributed by atoms with Crippen molar-refractivity contribution >= 4 is 35.1 Å². The Bertz CT molecular complexity index is 1240. The van der Waals surface area contributed by atoms with Gasteiger partial charge in [-0.1, -0.05) is 5.10 Å². The second-order valence-corrected chi connectivity index (χ2v) is 8.47. The van der Waals surface area contributed by atoms with Gasteiger partial charge in [-0.25, -0.2) is 13.8 Å². The Morgan fingerprint density at radius 2 is 1.85 bits per heavy atom. The van der Waals surface area contributed by atoms with Crippen molar-refractivity contribution < 1.29 is 27.9 Å². The van der Waals surface area contributed by atoms with Crippen LogP contribution in [0.5, 0.6) is 0 Å². The first-order chi connectivity index (χ1) is 16.3. The minimum atomic E-state index is -1.04. The molecule has 2 aliphatic rings. The molecular formula is C22H20F2N6O4. The summed E-state index contributed by atoms with van der Waals surface area (Å²) in [5, 5.41) is 21.7. The maximum atomic E-state index is 13.3. The highest BCUT2D eigenvalue weighted by Crippen LogP contribution is 2.59. The summed E-state index contributed by atoms with van der Waals surface area (Å²) in [4.78, 5) is 30.1. The van der Waals surface area contributed by atoms with E-state index in [1.807, 2.05) is 0 Å². The van der Waals surface area contributed by atoms with Gasteiger partial charge >= 0.3 is 23.8 Å². The first-order valence-corrected chi connectivity index (χ1v) is 10.6. The van der Waals surface area contributed by atoms with Gasteiger partial charge in [0.1, 0.15) is 5.82 Å². The average molecular weight is 470 g/mol. The molecule has 1 aromatic carbocycles. The van der Waals surface area contributed by atoms with E-state index in [0.29, 0.717) is 5.69 Å². The zero-order valence-corrected chi connectivity index (χ0v) is 17.8. The van der Waals surface area contributed by atoms with Gasteiger partial charge in [0.2, 0.25) is 0 Å². The third-order valence-electron chi connectivity index (χ3n) is 6.37. The number of hydrogen-bond donors (Lipinski definition) is 3. The van der Waals surface area contributed by atoms with Crippen LogP contribution in [0.1, 0.15) is 29.9 Å². The predicted molar refractivity (Wildman–Crippen MR) is 116 cm³/mol. The van der Waals surface area contributed by atoms with E-state index in [1.54, 1.807) is 12.1 Å². The second kappa shape index (κ2) is 8.36. The molecule has 176 valence electrons. The molecule has 1 atom stereocenters. The number of nitrogens with one attached hydrogen (secondary N) is 2. The van der Waals surface area contributed by atoms with Crippen LogP contribution in [0.4, 0.5) is 32.0 Å². The molecule has 12 heteroatoms. The Kier molecular flexibility index (Phi) is 5.34. The molecule has 3 aromatic rings. The maximum Gasteiger partial charge on any atom is 0.320 e. The molecule has 0 radical (unpaired) electrons. The molecule has 2 aromatic heterocycles. The van der Waals surface area contributed by atoms with E-state index in [1.165, 1.54) is 12.3 Å². The molecule has 5 rings (SSSR count). The number of carboxylic acids is 1. The van der Waals surface area contributed by atoms with Crippen LogP contribution in [0.25, 0.3) is 0 Å². The fourth-order valence-corrected chi connectivity index (χ4v) is 4.33. The van der Waals surface area contributed by atoms with Gasteiger partial charge in [-0.3, -0.25) is 9.59 Å². The van der Waals surface area contributed by atoms with Crippen molar-refractivity contribution in [1.82, 2.24) is 15.2 Å². The Balaban J connectivity index is 1.16. The number of carbonyl (C=O) groups excluding carboxylic acids is 1. The van der Waals surface area contributed by atoms with E-state index in [0.717, 1.165) is 50.3 Å². The van der Waals surface area contributed by atoms with E-state index >= 15 is 0 Å².